The van der Waals surface area contributed by atoms with Crippen LogP contribution in [0.2, 0.25) is 0 Å². The van der Waals surface area contributed by atoms with Crippen molar-refractivity contribution in [3.8, 4) is 0 Å². The van der Waals surface area contributed by atoms with E-state index in [2.05, 4.69) is 22.2 Å². The molecule has 30 heavy (non-hydrogen) atoms. The monoisotopic (exact) mass is 438 g/mol. The summed E-state index contributed by atoms with van der Waals surface area (Å²) < 4.78 is 0. The maximum absolute atomic E-state index is 13.1. The zero-order chi connectivity index (χ0) is 20.8. The lowest BCUT2D eigenvalue weighted by atomic mass is 9.89. The van der Waals surface area contributed by atoms with Gasteiger partial charge < -0.3 is 10.2 Å². The van der Waals surface area contributed by atoms with Gasteiger partial charge in [0.15, 0.2) is 0 Å². The summed E-state index contributed by atoms with van der Waals surface area (Å²) in [5.41, 5.74) is 2.78. The fourth-order valence-electron chi connectivity index (χ4n) is 4.18. The number of hydrogen-bond acceptors (Lipinski definition) is 6. The van der Waals surface area contributed by atoms with Gasteiger partial charge in [0.25, 0.3) is 0 Å². The van der Waals surface area contributed by atoms with Crippen molar-refractivity contribution in [1.82, 2.24) is 9.97 Å². The molecule has 154 valence electrons. The zero-order valence-corrected chi connectivity index (χ0v) is 18.5. The molecule has 8 heteroatoms. The number of thioether (sulfide) groups is 1. The number of nitrogens with zero attached hydrogens (tertiary/aromatic N) is 3. The number of aryl methyl sites for hydroxylation is 2. The minimum Gasteiger partial charge on any atom is -0.323 e. The molecule has 0 spiro atoms. The van der Waals surface area contributed by atoms with E-state index in [4.69, 9.17) is 0 Å². The van der Waals surface area contributed by atoms with Crippen molar-refractivity contribution in [2.24, 2.45) is 5.92 Å². The highest BCUT2D eigenvalue weighted by atomic mass is 32.2. The van der Waals surface area contributed by atoms with E-state index < -0.39 is 0 Å². The minimum atomic E-state index is -0.173. The summed E-state index contributed by atoms with van der Waals surface area (Å²) >= 11 is 3.23. The maximum atomic E-state index is 13.1. The molecule has 0 bridgehead atoms. The van der Waals surface area contributed by atoms with Crippen LogP contribution < -0.4 is 10.2 Å². The van der Waals surface area contributed by atoms with Crippen molar-refractivity contribution in [2.45, 2.75) is 38.1 Å². The van der Waals surface area contributed by atoms with Crippen LogP contribution in [0.5, 0.6) is 0 Å². The van der Waals surface area contributed by atoms with E-state index in [1.54, 1.807) is 16.2 Å². The Bertz CT molecular complexity index is 1170. The number of rotatable bonds is 3. The topological polar surface area (TPSA) is 75.2 Å². The van der Waals surface area contributed by atoms with Gasteiger partial charge in [0, 0.05) is 10.3 Å². The number of carbonyl (C=O) groups is 2. The number of aromatic nitrogens is 2. The molecule has 1 aliphatic heterocycles. The number of benzene rings is 1. The van der Waals surface area contributed by atoms with Gasteiger partial charge in [-0.25, -0.2) is 9.97 Å². The van der Waals surface area contributed by atoms with Crippen molar-refractivity contribution in [3.05, 3.63) is 40.5 Å². The number of fused-ring (bicyclic) bond motifs is 4. The molecule has 2 aliphatic rings. The van der Waals surface area contributed by atoms with Crippen LogP contribution in [0.1, 0.15) is 29.6 Å². The summed E-state index contributed by atoms with van der Waals surface area (Å²) in [6.45, 7) is 4.24. The predicted octanol–water partition coefficient (Wildman–Crippen LogP) is 4.20. The number of hydrogen-bond donors (Lipinski definition) is 1. The fraction of sp³-hybridized carbons (Fsp3) is 0.364. The third kappa shape index (κ3) is 3.48. The highest BCUT2D eigenvalue weighted by Crippen LogP contribution is 2.41. The van der Waals surface area contributed by atoms with E-state index in [1.807, 2.05) is 31.2 Å². The van der Waals surface area contributed by atoms with Gasteiger partial charge >= 0.3 is 0 Å². The van der Waals surface area contributed by atoms with Crippen LogP contribution in [-0.4, -0.2) is 34.1 Å². The Morgan fingerprint density at radius 2 is 2.17 bits per heavy atom. The normalized spacial score (nSPS) is 18.1. The molecule has 0 fully saturated rings. The first kappa shape index (κ1) is 19.5. The lowest BCUT2D eigenvalue weighted by Crippen LogP contribution is -2.43. The molecule has 0 saturated heterocycles. The summed E-state index contributed by atoms with van der Waals surface area (Å²) in [6, 6.07) is 7.40. The smallest absolute Gasteiger partial charge is 0.244 e. The summed E-state index contributed by atoms with van der Waals surface area (Å²) in [5, 5.41) is 4.83. The molecule has 5 rings (SSSR count). The van der Waals surface area contributed by atoms with E-state index in [1.165, 1.54) is 28.6 Å². The first-order valence-corrected chi connectivity index (χ1v) is 11.9. The van der Waals surface area contributed by atoms with Gasteiger partial charge in [0.2, 0.25) is 11.8 Å². The summed E-state index contributed by atoms with van der Waals surface area (Å²) in [6.07, 6.45) is 3.32. The second-order valence-electron chi connectivity index (χ2n) is 7.94. The van der Waals surface area contributed by atoms with Crippen LogP contribution in [0.4, 0.5) is 11.4 Å². The molecular formula is C22H22N4O2S2. The number of amides is 2. The first-order valence-electron chi connectivity index (χ1n) is 10.1. The van der Waals surface area contributed by atoms with E-state index >= 15 is 0 Å². The van der Waals surface area contributed by atoms with E-state index in [-0.39, 0.29) is 24.1 Å². The molecule has 1 unspecified atom stereocenters. The molecule has 0 saturated carbocycles. The van der Waals surface area contributed by atoms with Crippen LogP contribution >= 0.6 is 23.1 Å². The Balaban J connectivity index is 1.43. The van der Waals surface area contributed by atoms with Crippen LogP contribution in [0.3, 0.4) is 0 Å². The van der Waals surface area contributed by atoms with Crippen LogP contribution in [-0.2, 0) is 22.4 Å². The van der Waals surface area contributed by atoms with Gasteiger partial charge in [-0.3, -0.25) is 9.59 Å². The Labute approximate surface area is 183 Å². The molecule has 2 amide bonds. The third-order valence-corrected chi connectivity index (χ3v) is 7.75. The maximum Gasteiger partial charge on any atom is 0.244 e. The van der Waals surface area contributed by atoms with Crippen LogP contribution in [0, 0.1) is 12.8 Å². The van der Waals surface area contributed by atoms with Crippen LogP contribution in [0.15, 0.2) is 29.3 Å². The van der Waals surface area contributed by atoms with Gasteiger partial charge in [-0.2, -0.15) is 0 Å². The zero-order valence-electron chi connectivity index (χ0n) is 16.9. The number of para-hydroxylation sites is 2. The Hall–Kier alpha value is -2.45. The number of anilines is 2. The fourth-order valence-corrected chi connectivity index (χ4v) is 6.65. The largest absolute Gasteiger partial charge is 0.323 e. The van der Waals surface area contributed by atoms with E-state index in [0.717, 1.165) is 39.6 Å². The molecule has 1 atom stereocenters. The van der Waals surface area contributed by atoms with Crippen molar-refractivity contribution in [2.75, 3.05) is 22.5 Å². The third-order valence-electron chi connectivity index (χ3n) is 5.64. The van der Waals surface area contributed by atoms with E-state index in [0.29, 0.717) is 11.6 Å². The molecule has 3 aromatic rings. The van der Waals surface area contributed by atoms with Crippen molar-refractivity contribution in [3.63, 3.8) is 0 Å². The van der Waals surface area contributed by atoms with Gasteiger partial charge in [-0.15, -0.1) is 11.3 Å². The number of carbonyl (C=O) groups excluding carboxylic acids is 2. The number of thiophene rings is 1. The predicted molar refractivity (Wildman–Crippen MR) is 121 cm³/mol. The van der Waals surface area contributed by atoms with E-state index in [9.17, 15) is 9.59 Å². The molecule has 1 aliphatic carbocycles. The van der Waals surface area contributed by atoms with Gasteiger partial charge in [0.1, 0.15) is 22.2 Å². The van der Waals surface area contributed by atoms with Gasteiger partial charge in [-0.05, 0) is 49.8 Å². The second-order valence-corrected chi connectivity index (χ2v) is 9.99. The highest BCUT2D eigenvalue weighted by molar-refractivity contribution is 8.00. The molecule has 0 radical (unpaired) electrons. The van der Waals surface area contributed by atoms with Crippen molar-refractivity contribution >= 4 is 56.5 Å². The lowest BCUT2D eigenvalue weighted by Gasteiger charge is -2.29. The molecule has 2 aromatic heterocycles. The SMILES string of the molecule is Cc1nc(SCC(=O)N2CC(=O)Nc3ccccc32)c2c3c(sc2n1)CC(C)CC3. The Morgan fingerprint density at radius 1 is 1.33 bits per heavy atom. The minimum absolute atomic E-state index is 0.0420. The average molecular weight is 439 g/mol. The molecule has 3 heterocycles. The second kappa shape index (κ2) is 7.67. The molecule has 1 N–H and O–H groups in total. The quantitative estimate of drug-likeness (QED) is 0.490. The Morgan fingerprint density at radius 3 is 3.03 bits per heavy atom. The summed E-state index contributed by atoms with van der Waals surface area (Å²) in [4.78, 5) is 38.5. The van der Waals surface area contributed by atoms with Crippen molar-refractivity contribution < 1.29 is 9.59 Å². The molecule has 1 aromatic carbocycles. The van der Waals surface area contributed by atoms with Crippen molar-refractivity contribution in [1.29, 1.82) is 0 Å². The standard InChI is InChI=1S/C22H22N4O2S2/c1-12-7-8-14-17(9-12)30-22-20(14)21(23-13(2)24-22)29-11-19(28)26-10-18(27)25-15-5-3-4-6-16(15)26/h3-6,12H,7-11H2,1-2H3,(H,25,27). The van der Waals surface area contributed by atoms with Gasteiger partial charge in [0.05, 0.1) is 17.1 Å². The summed E-state index contributed by atoms with van der Waals surface area (Å²) in [7, 11) is 0. The van der Waals surface area contributed by atoms with Gasteiger partial charge in [-0.1, -0.05) is 30.8 Å². The summed E-state index contributed by atoms with van der Waals surface area (Å²) in [5.74, 6) is 1.39. The average Bonchev–Trinajstić information content (AvgIpc) is 3.08. The lowest BCUT2D eigenvalue weighted by molar-refractivity contribution is -0.120. The Kier molecular flexibility index (Phi) is 4.99. The highest BCUT2D eigenvalue weighted by Gasteiger charge is 2.28. The molecule has 6 nitrogen and oxygen atoms in total. The number of nitrogens with one attached hydrogen (secondary N) is 1. The first-order chi connectivity index (χ1) is 14.5. The molecular weight excluding hydrogens is 416 g/mol. The van der Waals surface area contributed by atoms with Crippen LogP contribution in [0.25, 0.3) is 10.2 Å².